The number of methoxy groups -OCH3 is 1. The summed E-state index contributed by atoms with van der Waals surface area (Å²) in [6, 6.07) is 4.59. The van der Waals surface area contributed by atoms with Gasteiger partial charge in [-0.2, -0.15) is 13.2 Å². The molecule has 0 atom stereocenters. The molecular formula is C21H24F4N2O3S. The van der Waals surface area contributed by atoms with Crippen LogP contribution in [0.2, 0.25) is 0 Å². The van der Waals surface area contributed by atoms with Crippen molar-refractivity contribution in [2.45, 2.75) is 38.8 Å². The van der Waals surface area contributed by atoms with Crippen LogP contribution in [0.15, 0.2) is 18.2 Å². The number of ether oxygens (including phenoxy) is 2. The Morgan fingerprint density at radius 2 is 2.00 bits per heavy atom. The fourth-order valence-corrected chi connectivity index (χ4v) is 4.47. The van der Waals surface area contributed by atoms with Crippen LogP contribution in [0.1, 0.15) is 29.0 Å². The summed E-state index contributed by atoms with van der Waals surface area (Å²) >= 11 is 1.44. The number of halogens is 4. The summed E-state index contributed by atoms with van der Waals surface area (Å²) in [6.45, 7) is 2.73. The highest BCUT2D eigenvalue weighted by molar-refractivity contribution is 7.15. The van der Waals surface area contributed by atoms with Crippen molar-refractivity contribution in [3.05, 3.63) is 40.2 Å². The number of rotatable bonds is 7. The van der Waals surface area contributed by atoms with E-state index in [1.807, 2.05) is 11.8 Å². The summed E-state index contributed by atoms with van der Waals surface area (Å²) < 4.78 is 63.2. The van der Waals surface area contributed by atoms with Gasteiger partial charge in [-0.25, -0.2) is 9.37 Å². The Bertz CT molecular complexity index is 909. The van der Waals surface area contributed by atoms with E-state index in [9.17, 15) is 22.4 Å². The molecule has 170 valence electrons. The van der Waals surface area contributed by atoms with Gasteiger partial charge in [0.1, 0.15) is 0 Å². The first kappa shape index (κ1) is 23.3. The highest BCUT2D eigenvalue weighted by Gasteiger charge is 2.41. The number of alkyl halides is 3. The molecule has 0 aliphatic carbocycles. The van der Waals surface area contributed by atoms with Gasteiger partial charge in [0.2, 0.25) is 0 Å². The minimum Gasteiger partial charge on any atom is -0.490 e. The van der Waals surface area contributed by atoms with Gasteiger partial charge < -0.3 is 14.4 Å². The van der Waals surface area contributed by atoms with Gasteiger partial charge in [0, 0.05) is 30.0 Å². The maximum absolute atomic E-state index is 14.5. The average molecular weight is 460 g/mol. The Morgan fingerprint density at radius 1 is 1.29 bits per heavy atom. The quantitative estimate of drug-likeness (QED) is 0.443. The van der Waals surface area contributed by atoms with Crippen LogP contribution in [0.5, 0.6) is 5.75 Å². The SMILES string of the molecule is COC(=O)Cc1cccc(OCCc2nc(N3CCC(C(F)(F)F)CC3)sc2C)c1F. The number of thiazole rings is 1. The van der Waals surface area contributed by atoms with Crippen molar-refractivity contribution < 1.29 is 31.8 Å². The third-order valence-electron chi connectivity index (χ3n) is 5.31. The number of carbonyl (C=O) groups is 1. The second-order valence-electron chi connectivity index (χ2n) is 7.38. The Labute approximate surface area is 182 Å². The molecule has 1 aliphatic heterocycles. The zero-order chi connectivity index (χ0) is 22.6. The number of esters is 1. The minimum atomic E-state index is -4.14. The van der Waals surface area contributed by atoms with E-state index in [4.69, 9.17) is 4.74 Å². The molecule has 1 aromatic heterocycles. The fourth-order valence-electron chi connectivity index (χ4n) is 3.47. The molecular weight excluding hydrogens is 436 g/mol. The number of anilines is 1. The van der Waals surface area contributed by atoms with Gasteiger partial charge in [-0.15, -0.1) is 11.3 Å². The summed E-state index contributed by atoms with van der Waals surface area (Å²) in [5.41, 5.74) is 0.975. The number of nitrogens with zero attached hydrogens (tertiary/aromatic N) is 2. The molecule has 1 aliphatic rings. The largest absolute Gasteiger partial charge is 0.490 e. The van der Waals surface area contributed by atoms with E-state index in [1.165, 1.54) is 30.6 Å². The number of aromatic nitrogens is 1. The molecule has 10 heteroatoms. The molecule has 2 heterocycles. The lowest BCUT2D eigenvalue weighted by atomic mass is 9.97. The highest BCUT2D eigenvalue weighted by Crippen LogP contribution is 2.36. The standard InChI is InChI=1S/C21H24F4N2O3S/c1-13-16(26-20(31-13)27-9-6-15(7-10-27)21(23,24)25)8-11-30-17-5-3-4-14(19(17)22)12-18(28)29-2/h3-5,15H,6-12H2,1-2H3. The third kappa shape index (κ3) is 5.87. The molecule has 0 unspecified atom stereocenters. The molecule has 1 aromatic carbocycles. The van der Waals surface area contributed by atoms with E-state index in [-0.39, 0.29) is 37.2 Å². The summed E-state index contributed by atoms with van der Waals surface area (Å²) in [4.78, 5) is 18.8. The zero-order valence-electron chi connectivity index (χ0n) is 17.3. The van der Waals surface area contributed by atoms with Crippen LogP contribution in [-0.2, 0) is 22.4 Å². The molecule has 31 heavy (non-hydrogen) atoms. The van der Waals surface area contributed by atoms with Gasteiger partial charge in [0.05, 0.1) is 31.7 Å². The molecule has 1 saturated heterocycles. The average Bonchev–Trinajstić information content (AvgIpc) is 3.10. The van der Waals surface area contributed by atoms with Gasteiger partial charge in [-0.1, -0.05) is 12.1 Å². The van der Waals surface area contributed by atoms with Crippen molar-refractivity contribution >= 4 is 22.4 Å². The molecule has 0 amide bonds. The monoisotopic (exact) mass is 460 g/mol. The predicted octanol–water partition coefficient (Wildman–Crippen LogP) is 4.71. The lowest BCUT2D eigenvalue weighted by molar-refractivity contribution is -0.179. The van der Waals surface area contributed by atoms with Crippen LogP contribution in [0, 0.1) is 18.7 Å². The summed E-state index contributed by atoms with van der Waals surface area (Å²) in [5.74, 6) is -2.34. The number of piperidine rings is 1. The Morgan fingerprint density at radius 3 is 2.65 bits per heavy atom. The number of carbonyl (C=O) groups excluding carboxylic acids is 1. The minimum absolute atomic E-state index is 0.0451. The van der Waals surface area contributed by atoms with E-state index in [0.29, 0.717) is 24.6 Å². The van der Waals surface area contributed by atoms with Crippen molar-refractivity contribution in [3.63, 3.8) is 0 Å². The van der Waals surface area contributed by atoms with Crippen molar-refractivity contribution in [2.24, 2.45) is 5.92 Å². The van der Waals surface area contributed by atoms with Crippen LogP contribution in [-0.4, -0.2) is 43.9 Å². The molecule has 5 nitrogen and oxygen atoms in total. The normalized spacial score (nSPS) is 15.2. The van der Waals surface area contributed by atoms with Crippen LogP contribution in [0.4, 0.5) is 22.7 Å². The molecule has 0 N–H and O–H groups in total. The van der Waals surface area contributed by atoms with Gasteiger partial charge in [0.25, 0.3) is 0 Å². The van der Waals surface area contributed by atoms with E-state index >= 15 is 0 Å². The first-order chi connectivity index (χ1) is 14.7. The van der Waals surface area contributed by atoms with E-state index in [2.05, 4.69) is 9.72 Å². The van der Waals surface area contributed by atoms with Crippen LogP contribution in [0.3, 0.4) is 0 Å². The van der Waals surface area contributed by atoms with E-state index in [1.54, 1.807) is 6.07 Å². The number of benzene rings is 1. The summed E-state index contributed by atoms with van der Waals surface area (Å²) in [5, 5.41) is 0.708. The summed E-state index contributed by atoms with van der Waals surface area (Å²) in [7, 11) is 1.24. The molecule has 2 aromatic rings. The number of aryl methyl sites for hydroxylation is 1. The van der Waals surface area contributed by atoms with Crippen molar-refractivity contribution in [1.82, 2.24) is 4.98 Å². The Hall–Kier alpha value is -2.36. The second-order valence-corrected chi connectivity index (χ2v) is 8.56. The van der Waals surface area contributed by atoms with Crippen molar-refractivity contribution in [1.29, 1.82) is 0 Å². The maximum Gasteiger partial charge on any atom is 0.391 e. The molecule has 0 radical (unpaired) electrons. The number of hydrogen-bond donors (Lipinski definition) is 0. The van der Waals surface area contributed by atoms with Gasteiger partial charge >= 0.3 is 12.1 Å². The molecule has 0 bridgehead atoms. The maximum atomic E-state index is 14.5. The predicted molar refractivity (Wildman–Crippen MR) is 109 cm³/mol. The van der Waals surface area contributed by atoms with Crippen molar-refractivity contribution in [3.8, 4) is 5.75 Å². The van der Waals surface area contributed by atoms with Crippen LogP contribution >= 0.6 is 11.3 Å². The molecule has 1 fully saturated rings. The van der Waals surface area contributed by atoms with E-state index < -0.39 is 23.9 Å². The first-order valence-corrected chi connectivity index (χ1v) is 10.8. The molecule has 3 rings (SSSR count). The first-order valence-electron chi connectivity index (χ1n) is 9.94. The fraction of sp³-hybridized carbons (Fsp3) is 0.524. The van der Waals surface area contributed by atoms with Gasteiger partial charge in [-0.05, 0) is 25.8 Å². The Kier molecular flexibility index (Phi) is 7.40. The zero-order valence-corrected chi connectivity index (χ0v) is 18.1. The van der Waals surface area contributed by atoms with Gasteiger partial charge in [-0.3, -0.25) is 4.79 Å². The number of hydrogen-bond acceptors (Lipinski definition) is 6. The lowest BCUT2D eigenvalue weighted by Gasteiger charge is -2.32. The molecule has 0 saturated carbocycles. The van der Waals surface area contributed by atoms with Crippen LogP contribution in [0.25, 0.3) is 0 Å². The smallest absolute Gasteiger partial charge is 0.391 e. The Balaban J connectivity index is 1.56. The van der Waals surface area contributed by atoms with Crippen LogP contribution < -0.4 is 9.64 Å². The third-order valence-corrected chi connectivity index (χ3v) is 6.39. The topological polar surface area (TPSA) is 51.7 Å². The molecule has 0 spiro atoms. The second kappa shape index (κ2) is 9.84. The van der Waals surface area contributed by atoms with E-state index in [0.717, 1.165) is 10.6 Å². The summed E-state index contributed by atoms with van der Waals surface area (Å²) in [6.07, 6.45) is -3.75. The van der Waals surface area contributed by atoms with Gasteiger partial charge in [0.15, 0.2) is 16.7 Å². The van der Waals surface area contributed by atoms with Crippen molar-refractivity contribution in [2.75, 3.05) is 31.7 Å². The highest BCUT2D eigenvalue weighted by atomic mass is 32.1. The lowest BCUT2D eigenvalue weighted by Crippen LogP contribution is -2.38.